The largest absolute Gasteiger partial charge is 0.508 e. The summed E-state index contributed by atoms with van der Waals surface area (Å²) in [5.41, 5.74) is 22.7. The highest BCUT2D eigenvalue weighted by molar-refractivity contribution is 7.80. The van der Waals surface area contributed by atoms with Gasteiger partial charge >= 0.3 is 5.97 Å². The third-order valence-electron chi connectivity index (χ3n) is 5.69. The fourth-order valence-electron chi connectivity index (χ4n) is 3.50. The van der Waals surface area contributed by atoms with E-state index in [2.05, 4.69) is 33.6 Å². The smallest absolute Gasteiger partial charge is 0.327 e. The second kappa shape index (κ2) is 17.9. The van der Waals surface area contributed by atoms with E-state index in [4.69, 9.17) is 22.9 Å². The number of hydrogen-bond acceptors (Lipinski definition) is 9. The lowest BCUT2D eigenvalue weighted by Gasteiger charge is -2.25. The van der Waals surface area contributed by atoms with Crippen molar-refractivity contribution in [2.75, 3.05) is 18.8 Å². The van der Waals surface area contributed by atoms with Gasteiger partial charge in [-0.2, -0.15) is 12.6 Å². The Hall–Kier alpha value is -3.56. The van der Waals surface area contributed by atoms with Crippen LogP contribution in [-0.4, -0.2) is 82.9 Å². The van der Waals surface area contributed by atoms with Crippen molar-refractivity contribution in [3.63, 3.8) is 0 Å². The summed E-state index contributed by atoms with van der Waals surface area (Å²) >= 11 is 3.96. The topological polar surface area (TPSA) is 261 Å². The number of nitrogens with two attached hydrogens (primary N) is 4. The first-order chi connectivity index (χ1) is 18.5. The van der Waals surface area contributed by atoms with E-state index < -0.39 is 47.9 Å². The molecule has 0 aromatic heterocycles. The van der Waals surface area contributed by atoms with Crippen molar-refractivity contribution < 1.29 is 29.4 Å². The molecule has 0 radical (unpaired) electrons. The van der Waals surface area contributed by atoms with Crippen LogP contribution in [0, 0.1) is 0 Å². The predicted molar refractivity (Wildman–Crippen MR) is 150 cm³/mol. The Morgan fingerprint density at radius 1 is 0.872 bits per heavy atom. The molecular weight excluding hydrogens is 528 g/mol. The molecule has 0 fully saturated rings. The summed E-state index contributed by atoms with van der Waals surface area (Å²) < 4.78 is 0. The summed E-state index contributed by atoms with van der Waals surface area (Å²) in [5, 5.41) is 26.5. The molecular formula is C24H40N8O6S. The van der Waals surface area contributed by atoms with Crippen LogP contribution in [0.3, 0.4) is 0 Å². The van der Waals surface area contributed by atoms with Crippen LogP contribution in [0.25, 0.3) is 0 Å². The lowest BCUT2D eigenvalue weighted by molar-refractivity contribution is -0.141. The first-order valence-corrected chi connectivity index (χ1v) is 13.1. The summed E-state index contributed by atoms with van der Waals surface area (Å²) in [4.78, 5) is 54.3. The standard InChI is InChI=1S/C24H40N8O6S/c25-10-2-1-5-17(30-20(34)16(26)4-3-11-29-24(27)28)21(35)31-18(12-14-6-8-15(33)9-7-14)22(36)32-19(13-39)23(37)38/h6-9,16-19,33,39H,1-5,10-13,25-26H2,(H,30,34)(H,31,35)(H,32,36)(H,37,38)(H4,27,28,29). The highest BCUT2D eigenvalue weighted by atomic mass is 32.1. The summed E-state index contributed by atoms with van der Waals surface area (Å²) in [7, 11) is 0. The highest BCUT2D eigenvalue weighted by Gasteiger charge is 2.30. The van der Waals surface area contributed by atoms with Crippen LogP contribution in [0.1, 0.15) is 37.7 Å². The molecule has 3 amide bonds. The molecule has 0 saturated carbocycles. The number of hydrogen-bond donors (Lipinski definition) is 10. The van der Waals surface area contributed by atoms with E-state index in [1.807, 2.05) is 0 Å². The molecule has 14 nitrogen and oxygen atoms in total. The third-order valence-corrected chi connectivity index (χ3v) is 6.06. The Morgan fingerprint density at radius 2 is 1.46 bits per heavy atom. The van der Waals surface area contributed by atoms with Crippen LogP contribution < -0.4 is 38.9 Å². The van der Waals surface area contributed by atoms with Crippen molar-refractivity contribution in [3.8, 4) is 5.75 Å². The molecule has 0 bridgehead atoms. The van der Waals surface area contributed by atoms with Crippen LogP contribution >= 0.6 is 12.6 Å². The van der Waals surface area contributed by atoms with Crippen molar-refractivity contribution in [3.05, 3.63) is 29.8 Å². The minimum absolute atomic E-state index is 0.00939. The number of phenolic OH excluding ortho intramolecular Hbond substituents is 1. The van der Waals surface area contributed by atoms with Crippen LogP contribution in [0.4, 0.5) is 0 Å². The van der Waals surface area contributed by atoms with Crippen LogP contribution in [-0.2, 0) is 25.6 Å². The van der Waals surface area contributed by atoms with Gasteiger partial charge in [-0.25, -0.2) is 4.79 Å². The number of rotatable bonds is 18. The van der Waals surface area contributed by atoms with E-state index in [0.29, 0.717) is 37.9 Å². The van der Waals surface area contributed by atoms with Crippen LogP contribution in [0.15, 0.2) is 29.3 Å². The van der Waals surface area contributed by atoms with Crippen molar-refractivity contribution >= 4 is 42.3 Å². The molecule has 0 spiro atoms. The Kier molecular flexibility index (Phi) is 15.3. The number of aliphatic carboxylic acids is 1. The number of nitrogens with zero attached hydrogens (tertiary/aromatic N) is 1. The zero-order valence-electron chi connectivity index (χ0n) is 21.7. The number of benzene rings is 1. The molecule has 1 aromatic rings. The predicted octanol–water partition coefficient (Wildman–Crippen LogP) is -2.09. The number of unbranched alkanes of at least 4 members (excludes halogenated alkanes) is 1. The minimum atomic E-state index is -1.28. The SMILES string of the molecule is NCCCCC(NC(=O)C(N)CCCN=C(N)N)C(=O)NC(Cc1ccc(O)cc1)C(=O)NC(CS)C(=O)O. The minimum Gasteiger partial charge on any atom is -0.508 e. The Balaban J connectivity index is 3.04. The van der Waals surface area contributed by atoms with Gasteiger partial charge in [-0.1, -0.05) is 12.1 Å². The van der Waals surface area contributed by atoms with E-state index in [1.165, 1.54) is 12.1 Å². The van der Waals surface area contributed by atoms with Crippen molar-refractivity contribution in [2.45, 2.75) is 62.7 Å². The van der Waals surface area contributed by atoms with Gasteiger partial charge in [-0.15, -0.1) is 0 Å². The lowest BCUT2D eigenvalue weighted by atomic mass is 10.0. The molecule has 0 saturated heterocycles. The first-order valence-electron chi connectivity index (χ1n) is 12.5. The molecule has 39 heavy (non-hydrogen) atoms. The number of aromatic hydroxyl groups is 1. The first kappa shape index (κ1) is 33.5. The number of guanidine groups is 1. The van der Waals surface area contributed by atoms with E-state index in [9.17, 15) is 29.4 Å². The van der Waals surface area contributed by atoms with E-state index in [0.717, 1.165) is 0 Å². The summed E-state index contributed by atoms with van der Waals surface area (Å²) in [6, 6.07) is 1.56. The van der Waals surface area contributed by atoms with Gasteiger partial charge in [-0.05, 0) is 56.3 Å². The van der Waals surface area contributed by atoms with Gasteiger partial charge in [0.2, 0.25) is 17.7 Å². The van der Waals surface area contributed by atoms with Crippen LogP contribution in [0.2, 0.25) is 0 Å². The second-order valence-electron chi connectivity index (χ2n) is 8.91. The van der Waals surface area contributed by atoms with Crippen LogP contribution in [0.5, 0.6) is 5.75 Å². The average molecular weight is 569 g/mol. The van der Waals surface area contributed by atoms with Gasteiger partial charge in [0, 0.05) is 18.7 Å². The quantitative estimate of drug-likeness (QED) is 0.0399. The van der Waals surface area contributed by atoms with Crippen molar-refractivity contribution in [1.29, 1.82) is 0 Å². The fourth-order valence-corrected chi connectivity index (χ4v) is 3.75. The van der Waals surface area contributed by atoms with E-state index in [-0.39, 0.29) is 36.7 Å². The molecule has 0 aliphatic heterocycles. The molecule has 0 heterocycles. The zero-order valence-corrected chi connectivity index (χ0v) is 22.6. The molecule has 4 atom stereocenters. The van der Waals surface area contributed by atoms with Gasteiger partial charge in [0.05, 0.1) is 6.04 Å². The van der Waals surface area contributed by atoms with Gasteiger partial charge < -0.3 is 49.1 Å². The normalized spacial score (nSPS) is 13.8. The maximum Gasteiger partial charge on any atom is 0.327 e. The third kappa shape index (κ3) is 13.2. The summed E-state index contributed by atoms with van der Waals surface area (Å²) in [6.07, 6.45) is 2.06. The molecule has 0 aliphatic rings. The second-order valence-corrected chi connectivity index (χ2v) is 9.28. The Labute approximate surface area is 232 Å². The maximum atomic E-state index is 13.3. The molecule has 4 unspecified atom stereocenters. The molecule has 1 rings (SSSR count). The average Bonchev–Trinajstić information content (AvgIpc) is 2.89. The monoisotopic (exact) mass is 568 g/mol. The summed E-state index contributed by atoms with van der Waals surface area (Å²) in [5.74, 6) is -3.46. The number of aliphatic imine (C=N–C) groups is 1. The molecule has 15 heteroatoms. The molecule has 218 valence electrons. The van der Waals surface area contributed by atoms with Gasteiger partial charge in [0.15, 0.2) is 5.96 Å². The Bertz CT molecular complexity index is 974. The number of carbonyl (C=O) groups excluding carboxylic acids is 3. The number of phenols is 1. The molecule has 13 N–H and O–H groups in total. The summed E-state index contributed by atoms with van der Waals surface area (Å²) in [6.45, 7) is 0.681. The van der Waals surface area contributed by atoms with Crippen molar-refractivity contribution in [2.24, 2.45) is 27.9 Å². The number of thiol groups is 1. The lowest BCUT2D eigenvalue weighted by Crippen LogP contribution is -2.57. The number of amides is 3. The van der Waals surface area contributed by atoms with Crippen molar-refractivity contribution in [1.82, 2.24) is 16.0 Å². The molecule has 0 aliphatic carbocycles. The van der Waals surface area contributed by atoms with E-state index >= 15 is 0 Å². The zero-order chi connectivity index (χ0) is 29.4. The fraction of sp³-hybridized carbons (Fsp3) is 0.542. The Morgan fingerprint density at radius 3 is 2.03 bits per heavy atom. The maximum absolute atomic E-state index is 13.3. The van der Waals surface area contributed by atoms with E-state index in [1.54, 1.807) is 12.1 Å². The number of nitrogens with one attached hydrogen (secondary N) is 3. The molecule has 1 aromatic carbocycles. The van der Waals surface area contributed by atoms with Gasteiger partial charge in [0.25, 0.3) is 0 Å². The number of carboxylic acids is 1. The highest BCUT2D eigenvalue weighted by Crippen LogP contribution is 2.12. The van der Waals surface area contributed by atoms with Gasteiger partial charge in [0.1, 0.15) is 23.9 Å². The number of carbonyl (C=O) groups is 4. The van der Waals surface area contributed by atoms with Gasteiger partial charge in [-0.3, -0.25) is 19.4 Å². The number of carboxylic acid groups (broad SMARTS) is 1.